The molecule has 0 aromatic carbocycles. The quantitative estimate of drug-likeness (QED) is 0.885. The smallest absolute Gasteiger partial charge is 0.0762 e. The number of rotatable bonds is 6. The van der Waals surface area contributed by atoms with E-state index in [1.807, 2.05) is 21.8 Å². The van der Waals surface area contributed by atoms with Gasteiger partial charge in [0.2, 0.25) is 0 Å². The van der Waals surface area contributed by atoms with E-state index < -0.39 is 0 Å². The van der Waals surface area contributed by atoms with Crippen molar-refractivity contribution >= 4 is 12.4 Å². The second-order valence-electron chi connectivity index (χ2n) is 4.69. The molecule has 5 nitrogen and oxygen atoms in total. The van der Waals surface area contributed by atoms with Crippen LogP contribution in [0.2, 0.25) is 0 Å². The summed E-state index contributed by atoms with van der Waals surface area (Å²) >= 11 is 0. The highest BCUT2D eigenvalue weighted by Crippen LogP contribution is 2.04. The van der Waals surface area contributed by atoms with Crippen LogP contribution in [0.1, 0.15) is 38.1 Å². The molecular weight excluding hydrogens is 262 g/mol. The molecule has 0 amide bonds. The Morgan fingerprint density at radius 1 is 1.32 bits per heavy atom. The van der Waals surface area contributed by atoms with Crippen LogP contribution in [0.4, 0.5) is 0 Å². The van der Waals surface area contributed by atoms with Crippen molar-refractivity contribution in [3.05, 3.63) is 35.9 Å². The van der Waals surface area contributed by atoms with E-state index >= 15 is 0 Å². The number of nitrogens with one attached hydrogen (secondary N) is 1. The van der Waals surface area contributed by atoms with Crippen molar-refractivity contribution in [1.82, 2.24) is 24.9 Å². The number of hydrogen-bond donors (Lipinski definition) is 1. The van der Waals surface area contributed by atoms with E-state index in [0.29, 0.717) is 6.04 Å². The number of aromatic nitrogens is 4. The zero-order valence-corrected chi connectivity index (χ0v) is 12.5. The molecular formula is C13H22ClN5. The van der Waals surface area contributed by atoms with Gasteiger partial charge in [-0.1, -0.05) is 0 Å². The largest absolute Gasteiger partial charge is 0.307 e. The van der Waals surface area contributed by atoms with Crippen LogP contribution in [0.15, 0.2) is 24.7 Å². The molecule has 2 aromatic rings. The van der Waals surface area contributed by atoms with Crippen LogP contribution >= 0.6 is 12.4 Å². The first-order valence-corrected chi connectivity index (χ1v) is 6.45. The Balaban J connectivity index is 0.00000180. The second-order valence-corrected chi connectivity index (χ2v) is 4.69. The fraction of sp³-hybridized carbons (Fsp3) is 0.538. The van der Waals surface area contributed by atoms with E-state index in [4.69, 9.17) is 0 Å². The summed E-state index contributed by atoms with van der Waals surface area (Å²) in [6, 6.07) is 2.48. The summed E-state index contributed by atoms with van der Waals surface area (Å²) in [6.07, 6.45) is 6.00. The van der Waals surface area contributed by atoms with Gasteiger partial charge < -0.3 is 5.32 Å². The lowest BCUT2D eigenvalue weighted by molar-refractivity contribution is 0.521. The lowest BCUT2D eigenvalue weighted by Crippen LogP contribution is -2.13. The molecule has 0 aliphatic rings. The number of halogens is 1. The Kier molecular flexibility index (Phi) is 6.05. The standard InChI is InChI=1S/C13H21N5.ClH/c1-4-17-10-12(8-15-17)7-14-9-13-5-6-18(16-13)11(2)3;/h5-6,8,10-11,14H,4,7,9H2,1-3H3;1H. The second kappa shape index (κ2) is 7.31. The maximum atomic E-state index is 4.50. The molecule has 2 aromatic heterocycles. The molecule has 1 N–H and O–H groups in total. The van der Waals surface area contributed by atoms with Gasteiger partial charge in [0.05, 0.1) is 11.9 Å². The molecule has 2 rings (SSSR count). The minimum atomic E-state index is 0. The fourth-order valence-electron chi connectivity index (χ4n) is 1.76. The van der Waals surface area contributed by atoms with Crippen LogP contribution in [-0.2, 0) is 19.6 Å². The van der Waals surface area contributed by atoms with E-state index in [-0.39, 0.29) is 12.4 Å². The van der Waals surface area contributed by atoms with E-state index in [1.165, 1.54) is 5.56 Å². The molecule has 106 valence electrons. The highest BCUT2D eigenvalue weighted by Gasteiger charge is 2.02. The van der Waals surface area contributed by atoms with Crippen molar-refractivity contribution in [2.24, 2.45) is 0 Å². The van der Waals surface area contributed by atoms with Crippen molar-refractivity contribution < 1.29 is 0 Å². The predicted molar refractivity (Wildman–Crippen MR) is 78.3 cm³/mol. The molecule has 6 heteroatoms. The molecule has 19 heavy (non-hydrogen) atoms. The maximum Gasteiger partial charge on any atom is 0.0762 e. The Morgan fingerprint density at radius 3 is 2.68 bits per heavy atom. The van der Waals surface area contributed by atoms with Crippen LogP contribution in [0, 0.1) is 0 Å². The molecule has 0 saturated carbocycles. The number of nitrogens with zero attached hydrogens (tertiary/aromatic N) is 4. The molecule has 0 fully saturated rings. The molecule has 0 aliphatic heterocycles. The van der Waals surface area contributed by atoms with Crippen molar-refractivity contribution in [1.29, 1.82) is 0 Å². The van der Waals surface area contributed by atoms with Gasteiger partial charge in [-0.25, -0.2) is 0 Å². The summed E-state index contributed by atoms with van der Waals surface area (Å²) in [7, 11) is 0. The average Bonchev–Trinajstić information content (AvgIpc) is 2.97. The summed E-state index contributed by atoms with van der Waals surface area (Å²) < 4.78 is 3.91. The van der Waals surface area contributed by atoms with Gasteiger partial charge in [0.15, 0.2) is 0 Å². The van der Waals surface area contributed by atoms with Crippen LogP contribution < -0.4 is 5.32 Å². The van der Waals surface area contributed by atoms with Gasteiger partial charge in [0.25, 0.3) is 0 Å². The highest BCUT2D eigenvalue weighted by atomic mass is 35.5. The Labute approximate surface area is 120 Å². The topological polar surface area (TPSA) is 47.7 Å². The van der Waals surface area contributed by atoms with Crippen molar-refractivity contribution in [3.63, 3.8) is 0 Å². The van der Waals surface area contributed by atoms with Crippen molar-refractivity contribution in [2.45, 2.75) is 46.4 Å². The minimum Gasteiger partial charge on any atom is -0.307 e. The van der Waals surface area contributed by atoms with Crippen LogP contribution in [0.25, 0.3) is 0 Å². The highest BCUT2D eigenvalue weighted by molar-refractivity contribution is 5.85. The zero-order valence-electron chi connectivity index (χ0n) is 11.7. The fourth-order valence-corrected chi connectivity index (χ4v) is 1.76. The lowest BCUT2D eigenvalue weighted by atomic mass is 10.3. The van der Waals surface area contributed by atoms with Gasteiger partial charge in [0, 0.05) is 43.6 Å². The zero-order chi connectivity index (χ0) is 13.0. The molecule has 0 spiro atoms. The third kappa shape index (κ3) is 4.36. The summed E-state index contributed by atoms with van der Waals surface area (Å²) in [4.78, 5) is 0. The van der Waals surface area contributed by atoms with Crippen LogP contribution in [0.5, 0.6) is 0 Å². The molecule has 2 heterocycles. The Bertz CT molecular complexity index is 489. The van der Waals surface area contributed by atoms with Gasteiger partial charge in [-0.05, 0) is 26.8 Å². The Morgan fingerprint density at radius 2 is 2.11 bits per heavy atom. The number of hydrogen-bond acceptors (Lipinski definition) is 3. The monoisotopic (exact) mass is 283 g/mol. The van der Waals surface area contributed by atoms with E-state index in [0.717, 1.165) is 25.3 Å². The summed E-state index contributed by atoms with van der Waals surface area (Å²) in [5.41, 5.74) is 2.28. The SMILES string of the molecule is CCn1cc(CNCc2ccn(C(C)C)n2)cn1.Cl. The molecule has 0 atom stereocenters. The summed E-state index contributed by atoms with van der Waals surface area (Å²) in [5.74, 6) is 0. The first kappa shape index (κ1) is 15.7. The lowest BCUT2D eigenvalue weighted by Gasteiger charge is -2.04. The van der Waals surface area contributed by atoms with E-state index in [1.54, 1.807) is 0 Å². The third-order valence-corrected chi connectivity index (χ3v) is 2.84. The van der Waals surface area contributed by atoms with E-state index in [2.05, 4.69) is 48.5 Å². The van der Waals surface area contributed by atoms with Gasteiger partial charge in [-0.3, -0.25) is 9.36 Å². The van der Waals surface area contributed by atoms with E-state index in [9.17, 15) is 0 Å². The molecule has 0 bridgehead atoms. The number of aryl methyl sites for hydroxylation is 1. The van der Waals surface area contributed by atoms with Gasteiger partial charge >= 0.3 is 0 Å². The van der Waals surface area contributed by atoms with Gasteiger partial charge in [-0.2, -0.15) is 10.2 Å². The normalized spacial score (nSPS) is 10.7. The summed E-state index contributed by atoms with van der Waals surface area (Å²) in [5, 5.41) is 12.1. The third-order valence-electron chi connectivity index (χ3n) is 2.84. The first-order chi connectivity index (χ1) is 8.69. The molecule has 0 radical (unpaired) electrons. The molecule has 0 aliphatic carbocycles. The van der Waals surface area contributed by atoms with Crippen molar-refractivity contribution in [3.8, 4) is 0 Å². The van der Waals surface area contributed by atoms with Gasteiger partial charge in [0.1, 0.15) is 0 Å². The van der Waals surface area contributed by atoms with Crippen LogP contribution in [-0.4, -0.2) is 19.6 Å². The average molecular weight is 284 g/mol. The maximum absolute atomic E-state index is 4.50. The van der Waals surface area contributed by atoms with Gasteiger partial charge in [-0.15, -0.1) is 12.4 Å². The molecule has 0 unspecified atom stereocenters. The van der Waals surface area contributed by atoms with Crippen molar-refractivity contribution in [2.75, 3.05) is 0 Å². The summed E-state index contributed by atoms with van der Waals surface area (Å²) in [6.45, 7) is 8.87. The Hall–Kier alpha value is -1.33. The predicted octanol–water partition coefficient (Wildman–Crippen LogP) is 2.39. The first-order valence-electron chi connectivity index (χ1n) is 6.45. The molecule has 0 saturated heterocycles. The minimum absolute atomic E-state index is 0. The van der Waals surface area contributed by atoms with Crippen LogP contribution in [0.3, 0.4) is 0 Å².